The van der Waals surface area contributed by atoms with Crippen LogP contribution in [0.15, 0.2) is 0 Å². The summed E-state index contributed by atoms with van der Waals surface area (Å²) >= 11 is 0. The van der Waals surface area contributed by atoms with Crippen molar-refractivity contribution in [3.63, 3.8) is 0 Å². The van der Waals surface area contributed by atoms with Crippen molar-refractivity contribution in [1.82, 2.24) is 10.2 Å². The van der Waals surface area contributed by atoms with Gasteiger partial charge in [-0.2, -0.15) is 13.2 Å². The van der Waals surface area contributed by atoms with E-state index in [1.165, 1.54) is 0 Å². The van der Waals surface area contributed by atoms with Gasteiger partial charge in [-0.15, -0.1) is 0 Å². The maximum atomic E-state index is 12.0. The normalized spacial score (nSPS) is 24.7. The molecule has 1 fully saturated rings. The van der Waals surface area contributed by atoms with Crippen LogP contribution in [-0.4, -0.2) is 56.0 Å². The predicted molar refractivity (Wildman–Crippen MR) is 78.4 cm³/mol. The summed E-state index contributed by atoms with van der Waals surface area (Å²) in [5.41, 5.74) is 0. The van der Waals surface area contributed by atoms with E-state index in [-0.39, 0.29) is 6.61 Å². The molecular formula is C15H29F3N2O. The van der Waals surface area contributed by atoms with Crippen molar-refractivity contribution in [2.24, 2.45) is 5.92 Å². The summed E-state index contributed by atoms with van der Waals surface area (Å²) in [5.74, 6) is 0.538. The Labute approximate surface area is 126 Å². The third-order valence-electron chi connectivity index (χ3n) is 3.95. The molecule has 0 spiro atoms. The smallest absolute Gasteiger partial charge is 0.372 e. The van der Waals surface area contributed by atoms with Crippen LogP contribution in [0.5, 0.6) is 0 Å². The number of alkyl halides is 3. The quantitative estimate of drug-likeness (QED) is 0.697. The Morgan fingerprint density at radius 3 is 2.62 bits per heavy atom. The van der Waals surface area contributed by atoms with E-state index in [4.69, 9.17) is 4.74 Å². The van der Waals surface area contributed by atoms with Crippen LogP contribution in [0.1, 0.15) is 40.0 Å². The van der Waals surface area contributed by atoms with Gasteiger partial charge in [0, 0.05) is 38.3 Å². The lowest BCUT2D eigenvalue weighted by Gasteiger charge is -2.42. The van der Waals surface area contributed by atoms with Crippen LogP contribution in [0.3, 0.4) is 0 Å². The van der Waals surface area contributed by atoms with Gasteiger partial charge in [-0.1, -0.05) is 27.2 Å². The molecule has 2 atom stereocenters. The molecule has 1 aliphatic heterocycles. The van der Waals surface area contributed by atoms with Crippen LogP contribution in [0.25, 0.3) is 0 Å². The summed E-state index contributed by atoms with van der Waals surface area (Å²) in [5, 5.41) is 3.58. The molecular weight excluding hydrogens is 281 g/mol. The van der Waals surface area contributed by atoms with Gasteiger partial charge in [-0.3, -0.25) is 4.90 Å². The lowest BCUT2D eigenvalue weighted by molar-refractivity contribution is -0.174. The number of piperazine rings is 1. The van der Waals surface area contributed by atoms with Crippen LogP contribution in [0.2, 0.25) is 0 Å². The van der Waals surface area contributed by atoms with Gasteiger partial charge in [0.25, 0.3) is 0 Å². The third-order valence-corrected chi connectivity index (χ3v) is 3.95. The van der Waals surface area contributed by atoms with Gasteiger partial charge in [0.1, 0.15) is 6.61 Å². The molecule has 1 rings (SSSR count). The van der Waals surface area contributed by atoms with E-state index in [0.717, 1.165) is 32.5 Å². The van der Waals surface area contributed by atoms with Crippen LogP contribution in [0.4, 0.5) is 13.2 Å². The minimum Gasteiger partial charge on any atom is -0.372 e. The average molecular weight is 310 g/mol. The topological polar surface area (TPSA) is 24.5 Å². The molecule has 21 heavy (non-hydrogen) atoms. The molecule has 0 aromatic carbocycles. The number of rotatable bonds is 8. The van der Waals surface area contributed by atoms with Crippen molar-refractivity contribution in [2.75, 3.05) is 32.8 Å². The molecule has 1 heterocycles. The molecule has 6 heteroatoms. The average Bonchev–Trinajstić information content (AvgIpc) is 2.37. The molecule has 1 saturated heterocycles. The van der Waals surface area contributed by atoms with Gasteiger partial charge in [-0.05, 0) is 18.8 Å². The van der Waals surface area contributed by atoms with Crippen LogP contribution >= 0.6 is 0 Å². The highest BCUT2D eigenvalue weighted by atomic mass is 19.4. The van der Waals surface area contributed by atoms with Crippen molar-refractivity contribution in [3.05, 3.63) is 0 Å². The van der Waals surface area contributed by atoms with Gasteiger partial charge in [-0.25, -0.2) is 0 Å². The molecule has 2 unspecified atom stereocenters. The molecule has 0 aliphatic carbocycles. The summed E-state index contributed by atoms with van der Waals surface area (Å²) in [6, 6.07) is 0.960. The fourth-order valence-electron chi connectivity index (χ4n) is 2.91. The highest BCUT2D eigenvalue weighted by Crippen LogP contribution is 2.18. The second kappa shape index (κ2) is 8.96. The Kier molecular flexibility index (Phi) is 7.98. The zero-order chi connectivity index (χ0) is 15.9. The molecule has 0 aromatic heterocycles. The fourth-order valence-corrected chi connectivity index (χ4v) is 2.91. The lowest BCUT2D eigenvalue weighted by Crippen LogP contribution is -2.58. The first-order chi connectivity index (χ1) is 9.83. The Morgan fingerprint density at radius 2 is 2.05 bits per heavy atom. The van der Waals surface area contributed by atoms with Crippen molar-refractivity contribution < 1.29 is 17.9 Å². The second-order valence-electron chi connectivity index (χ2n) is 6.22. The maximum Gasteiger partial charge on any atom is 0.411 e. The second-order valence-corrected chi connectivity index (χ2v) is 6.22. The summed E-state index contributed by atoms with van der Waals surface area (Å²) in [4.78, 5) is 2.42. The zero-order valence-corrected chi connectivity index (χ0v) is 13.4. The van der Waals surface area contributed by atoms with E-state index >= 15 is 0 Å². The molecule has 0 aromatic rings. The number of hydrogen-bond donors (Lipinski definition) is 1. The summed E-state index contributed by atoms with van der Waals surface area (Å²) in [6.45, 7) is 8.35. The number of halogens is 3. The number of nitrogens with zero attached hydrogens (tertiary/aromatic N) is 1. The first-order valence-electron chi connectivity index (χ1n) is 7.95. The van der Waals surface area contributed by atoms with Gasteiger partial charge in [0.2, 0.25) is 0 Å². The Balaban J connectivity index is 2.33. The molecule has 0 radical (unpaired) electrons. The summed E-state index contributed by atoms with van der Waals surface area (Å²) < 4.78 is 40.7. The largest absolute Gasteiger partial charge is 0.411 e. The van der Waals surface area contributed by atoms with Crippen molar-refractivity contribution in [2.45, 2.75) is 58.3 Å². The first-order valence-corrected chi connectivity index (χ1v) is 7.95. The monoisotopic (exact) mass is 310 g/mol. The molecule has 126 valence electrons. The molecule has 0 bridgehead atoms. The van der Waals surface area contributed by atoms with E-state index in [1.807, 2.05) is 0 Å². The minimum absolute atomic E-state index is 0.173. The Morgan fingerprint density at radius 1 is 1.33 bits per heavy atom. The molecule has 1 aliphatic rings. The highest BCUT2D eigenvalue weighted by molar-refractivity contribution is 4.87. The van der Waals surface area contributed by atoms with E-state index in [2.05, 4.69) is 31.0 Å². The Hall–Kier alpha value is -0.330. The summed E-state index contributed by atoms with van der Waals surface area (Å²) in [7, 11) is 0. The summed E-state index contributed by atoms with van der Waals surface area (Å²) in [6.07, 6.45) is -1.28. The highest BCUT2D eigenvalue weighted by Gasteiger charge is 2.29. The van der Waals surface area contributed by atoms with E-state index in [0.29, 0.717) is 24.4 Å². The lowest BCUT2D eigenvalue weighted by atomic mass is 9.97. The molecule has 1 N–H and O–H groups in total. The Bertz CT molecular complexity index is 285. The van der Waals surface area contributed by atoms with Gasteiger partial charge in [0.15, 0.2) is 0 Å². The van der Waals surface area contributed by atoms with Crippen molar-refractivity contribution >= 4 is 0 Å². The SMILES string of the molecule is CCCC1CN(CCCOCC(F)(F)F)C(C(C)C)CN1. The molecule has 0 saturated carbocycles. The van der Waals surface area contributed by atoms with Crippen LogP contribution in [-0.2, 0) is 4.74 Å². The fraction of sp³-hybridized carbons (Fsp3) is 1.00. The first kappa shape index (κ1) is 18.7. The third kappa shape index (κ3) is 7.47. The minimum atomic E-state index is -4.22. The van der Waals surface area contributed by atoms with E-state index in [1.54, 1.807) is 0 Å². The van der Waals surface area contributed by atoms with E-state index < -0.39 is 12.8 Å². The number of nitrogens with one attached hydrogen (secondary N) is 1. The zero-order valence-electron chi connectivity index (χ0n) is 13.4. The number of hydrogen-bond acceptors (Lipinski definition) is 3. The molecule has 0 amide bonds. The van der Waals surface area contributed by atoms with Gasteiger partial charge >= 0.3 is 6.18 Å². The standard InChI is InChI=1S/C15H29F3N2O/c1-4-6-13-10-20(14(9-19-13)12(2)3)7-5-8-21-11-15(16,17)18/h12-14,19H,4-11H2,1-3H3. The van der Waals surface area contributed by atoms with Crippen LogP contribution < -0.4 is 5.32 Å². The van der Waals surface area contributed by atoms with Crippen molar-refractivity contribution in [3.8, 4) is 0 Å². The van der Waals surface area contributed by atoms with Gasteiger partial charge < -0.3 is 10.1 Å². The van der Waals surface area contributed by atoms with Gasteiger partial charge in [0.05, 0.1) is 0 Å². The number of ether oxygens (including phenoxy) is 1. The van der Waals surface area contributed by atoms with Crippen LogP contribution in [0, 0.1) is 5.92 Å². The van der Waals surface area contributed by atoms with E-state index in [9.17, 15) is 13.2 Å². The maximum absolute atomic E-state index is 12.0. The predicted octanol–water partition coefficient (Wildman–Crippen LogP) is 3.05. The van der Waals surface area contributed by atoms with Crippen molar-refractivity contribution in [1.29, 1.82) is 0 Å². The molecule has 3 nitrogen and oxygen atoms in total.